The highest BCUT2D eigenvalue weighted by atomic mass is 16.4. The molecule has 1 amide bonds. The highest BCUT2D eigenvalue weighted by Gasteiger charge is 2.19. The van der Waals surface area contributed by atoms with Crippen molar-refractivity contribution in [3.8, 4) is 11.5 Å². The van der Waals surface area contributed by atoms with E-state index in [2.05, 4.69) is 15.5 Å². The van der Waals surface area contributed by atoms with Gasteiger partial charge in [0.2, 0.25) is 0 Å². The van der Waals surface area contributed by atoms with Crippen LogP contribution in [0.3, 0.4) is 0 Å². The number of carbonyl (C=O) groups is 1. The first-order chi connectivity index (χ1) is 12.8. The van der Waals surface area contributed by atoms with Crippen LogP contribution < -0.4 is 16.6 Å². The fourth-order valence-corrected chi connectivity index (χ4v) is 2.61. The van der Waals surface area contributed by atoms with Crippen molar-refractivity contribution in [1.82, 2.24) is 10.4 Å². The number of hydrogen-bond donors (Lipinski definition) is 4. The van der Waals surface area contributed by atoms with Gasteiger partial charge in [-0.15, -0.1) is 0 Å². The summed E-state index contributed by atoms with van der Waals surface area (Å²) in [5.74, 6) is -1.61. The van der Waals surface area contributed by atoms with Crippen LogP contribution in [-0.4, -0.2) is 26.8 Å². The van der Waals surface area contributed by atoms with Gasteiger partial charge in [-0.3, -0.25) is 9.59 Å². The zero-order valence-corrected chi connectivity index (χ0v) is 14.4. The van der Waals surface area contributed by atoms with Crippen LogP contribution in [0.4, 0.5) is 0 Å². The Hall–Kier alpha value is -3.88. The van der Waals surface area contributed by atoms with Gasteiger partial charge in [-0.05, 0) is 26.0 Å². The summed E-state index contributed by atoms with van der Waals surface area (Å²) < 4.78 is 4.88. The van der Waals surface area contributed by atoms with Gasteiger partial charge < -0.3 is 19.6 Å². The quantitative estimate of drug-likeness (QED) is 0.405. The molecule has 2 heterocycles. The van der Waals surface area contributed by atoms with Gasteiger partial charge in [0.05, 0.1) is 11.2 Å². The first-order valence-electron chi connectivity index (χ1n) is 7.82. The monoisotopic (exact) mass is 369 g/mol. The number of H-pyrrole nitrogens is 1. The van der Waals surface area contributed by atoms with Gasteiger partial charge in [0.1, 0.15) is 28.4 Å². The van der Waals surface area contributed by atoms with Crippen molar-refractivity contribution < 1.29 is 19.4 Å². The molecular formula is C18H15N3O6. The number of benzene rings is 1. The van der Waals surface area contributed by atoms with Gasteiger partial charge in [-0.1, -0.05) is 12.1 Å². The molecule has 0 radical (unpaired) electrons. The minimum Gasteiger partial charge on any atom is -0.507 e. The lowest BCUT2D eigenvalue weighted by molar-refractivity contribution is 0.0951. The lowest BCUT2D eigenvalue weighted by atomic mass is 10.1. The highest BCUT2D eigenvalue weighted by Crippen LogP contribution is 2.24. The van der Waals surface area contributed by atoms with E-state index >= 15 is 0 Å². The largest absolute Gasteiger partial charge is 0.507 e. The molecule has 0 aliphatic heterocycles. The smallest absolute Gasteiger partial charge is 0.348 e. The third-order valence-corrected chi connectivity index (χ3v) is 3.86. The Kier molecular flexibility index (Phi) is 4.51. The van der Waals surface area contributed by atoms with E-state index in [1.807, 2.05) is 0 Å². The van der Waals surface area contributed by atoms with Crippen LogP contribution >= 0.6 is 0 Å². The number of fused-ring (bicyclic) bond motifs is 1. The minimum atomic E-state index is -0.977. The molecule has 1 aromatic carbocycles. The lowest BCUT2D eigenvalue weighted by Crippen LogP contribution is -2.28. The van der Waals surface area contributed by atoms with Gasteiger partial charge in [0.15, 0.2) is 0 Å². The number of rotatable bonds is 3. The Labute approximate surface area is 151 Å². The second-order valence-electron chi connectivity index (χ2n) is 5.77. The maximum Gasteiger partial charge on any atom is 0.348 e. The molecule has 138 valence electrons. The van der Waals surface area contributed by atoms with Crippen LogP contribution in [0.5, 0.6) is 11.5 Å². The third-order valence-electron chi connectivity index (χ3n) is 3.86. The van der Waals surface area contributed by atoms with Gasteiger partial charge >= 0.3 is 5.63 Å². The maximum absolute atomic E-state index is 12.3. The van der Waals surface area contributed by atoms with Crippen LogP contribution in [0.25, 0.3) is 10.9 Å². The van der Waals surface area contributed by atoms with Gasteiger partial charge in [0, 0.05) is 11.5 Å². The average Bonchev–Trinajstić information content (AvgIpc) is 2.59. The minimum absolute atomic E-state index is 0.0358. The molecule has 9 nitrogen and oxygen atoms in total. The number of aromatic nitrogens is 1. The molecule has 27 heavy (non-hydrogen) atoms. The molecule has 0 bridgehead atoms. The molecular weight excluding hydrogens is 354 g/mol. The summed E-state index contributed by atoms with van der Waals surface area (Å²) in [5.41, 5.74) is 0.0588. The van der Waals surface area contributed by atoms with Gasteiger partial charge in [-0.2, -0.15) is 5.10 Å². The topological polar surface area (TPSA) is 145 Å². The van der Waals surface area contributed by atoms with E-state index in [1.165, 1.54) is 19.9 Å². The molecule has 3 aromatic rings. The lowest BCUT2D eigenvalue weighted by Gasteiger charge is -2.07. The number of carbonyl (C=O) groups excluding carboxylic acids is 1. The first-order valence-corrected chi connectivity index (χ1v) is 7.82. The Balaban J connectivity index is 1.97. The molecule has 0 spiro atoms. The van der Waals surface area contributed by atoms with Crippen LogP contribution in [0, 0.1) is 6.92 Å². The van der Waals surface area contributed by atoms with E-state index < -0.39 is 28.4 Å². The van der Waals surface area contributed by atoms with Crippen LogP contribution in [0.15, 0.2) is 49.4 Å². The standard InChI is InChI=1S/C18H15N3O6/c1-8-7-12(22)13(18(26)27-8)9(2)20-21-17(25)14-15(23)10-5-3-4-6-11(10)19-16(14)24/h3-7,22H,1-2H3,(H,21,25)(H2,19,23,24). The maximum atomic E-state index is 12.3. The summed E-state index contributed by atoms with van der Waals surface area (Å²) in [7, 11) is 0. The molecule has 0 aliphatic rings. The molecule has 0 atom stereocenters. The Bertz CT molecular complexity index is 1210. The number of nitrogens with one attached hydrogen (secondary N) is 2. The van der Waals surface area contributed by atoms with Crippen molar-refractivity contribution in [1.29, 1.82) is 0 Å². The Morgan fingerprint density at radius 1 is 1.19 bits per heavy atom. The molecule has 0 saturated carbocycles. The number of pyridine rings is 1. The molecule has 3 rings (SSSR count). The van der Waals surface area contributed by atoms with Crippen molar-refractivity contribution in [3.63, 3.8) is 0 Å². The Morgan fingerprint density at radius 3 is 2.59 bits per heavy atom. The van der Waals surface area contributed by atoms with Crippen molar-refractivity contribution in [3.05, 3.63) is 68.0 Å². The number of aromatic hydroxyl groups is 2. The van der Waals surface area contributed by atoms with E-state index in [0.29, 0.717) is 10.9 Å². The first kappa shape index (κ1) is 17.9. The van der Waals surface area contributed by atoms with Crippen molar-refractivity contribution in [2.75, 3.05) is 0 Å². The number of amides is 1. The number of aromatic amines is 1. The number of hydrazone groups is 1. The Morgan fingerprint density at radius 2 is 1.89 bits per heavy atom. The molecule has 0 saturated heterocycles. The second kappa shape index (κ2) is 6.79. The van der Waals surface area contributed by atoms with E-state index in [9.17, 15) is 24.6 Å². The van der Waals surface area contributed by atoms with Crippen molar-refractivity contribution in [2.45, 2.75) is 13.8 Å². The van der Waals surface area contributed by atoms with E-state index in [-0.39, 0.29) is 22.8 Å². The molecule has 9 heteroatoms. The highest BCUT2D eigenvalue weighted by molar-refractivity contribution is 6.04. The molecule has 2 aromatic heterocycles. The molecule has 0 fully saturated rings. The SMILES string of the molecule is CC(=NNC(=O)c1c(O)c2ccccc2[nH]c1=O)c1c(O)cc(C)oc1=O. The van der Waals surface area contributed by atoms with Crippen molar-refractivity contribution >= 4 is 22.5 Å². The summed E-state index contributed by atoms with van der Waals surface area (Å²) in [4.78, 5) is 38.8. The fourth-order valence-electron chi connectivity index (χ4n) is 2.61. The third kappa shape index (κ3) is 3.30. The normalized spacial score (nSPS) is 11.6. The van der Waals surface area contributed by atoms with Crippen LogP contribution in [0.2, 0.25) is 0 Å². The summed E-state index contributed by atoms with van der Waals surface area (Å²) >= 11 is 0. The number of aryl methyl sites for hydroxylation is 1. The van der Waals surface area contributed by atoms with Crippen molar-refractivity contribution in [2.24, 2.45) is 5.10 Å². The van der Waals surface area contributed by atoms with Gasteiger partial charge in [-0.25, -0.2) is 10.2 Å². The zero-order chi connectivity index (χ0) is 19.7. The predicted molar refractivity (Wildman–Crippen MR) is 97.3 cm³/mol. The summed E-state index contributed by atoms with van der Waals surface area (Å²) in [5, 5.41) is 24.2. The van der Waals surface area contributed by atoms with Crippen LogP contribution in [0.1, 0.15) is 28.6 Å². The number of hydrogen-bond acceptors (Lipinski definition) is 7. The van der Waals surface area contributed by atoms with E-state index in [4.69, 9.17) is 4.42 Å². The number of para-hydroxylation sites is 1. The number of nitrogens with zero attached hydrogens (tertiary/aromatic N) is 1. The van der Waals surface area contributed by atoms with E-state index in [1.54, 1.807) is 24.3 Å². The molecule has 4 N–H and O–H groups in total. The average molecular weight is 369 g/mol. The summed E-state index contributed by atoms with van der Waals surface area (Å²) in [6, 6.07) is 7.67. The summed E-state index contributed by atoms with van der Waals surface area (Å²) in [6.45, 7) is 2.86. The molecule has 0 unspecified atom stereocenters. The molecule has 0 aliphatic carbocycles. The fraction of sp³-hybridized carbons (Fsp3) is 0.111. The predicted octanol–water partition coefficient (Wildman–Crippen LogP) is 1.35. The second-order valence-corrected chi connectivity index (χ2v) is 5.77. The van der Waals surface area contributed by atoms with Gasteiger partial charge in [0.25, 0.3) is 11.5 Å². The summed E-state index contributed by atoms with van der Waals surface area (Å²) in [6.07, 6.45) is 0. The van der Waals surface area contributed by atoms with Crippen LogP contribution in [-0.2, 0) is 0 Å². The zero-order valence-electron chi connectivity index (χ0n) is 14.4. The van der Waals surface area contributed by atoms with E-state index in [0.717, 1.165) is 0 Å².